The van der Waals surface area contributed by atoms with Gasteiger partial charge < -0.3 is 4.90 Å². The predicted molar refractivity (Wildman–Crippen MR) is 64.2 cm³/mol. The second kappa shape index (κ2) is 6.89. The lowest BCUT2D eigenvalue weighted by Crippen LogP contribution is -2.12. The highest BCUT2D eigenvalue weighted by Crippen LogP contribution is 1.99. The molecule has 0 bridgehead atoms. The molecular weight excluding hydrogens is 172 g/mol. The molecule has 2 nitrogen and oxygen atoms in total. The number of rotatable bonds is 5. The second-order valence-corrected chi connectivity index (χ2v) is 2.94. The molecule has 0 amide bonds. The molecule has 0 aliphatic heterocycles. The van der Waals surface area contributed by atoms with Gasteiger partial charge in [0.25, 0.3) is 0 Å². The van der Waals surface area contributed by atoms with Gasteiger partial charge in [-0.15, -0.1) is 0 Å². The summed E-state index contributed by atoms with van der Waals surface area (Å²) in [6.45, 7) is 11.2. The summed E-state index contributed by atoms with van der Waals surface area (Å²) in [7, 11) is 1.94. The minimum absolute atomic E-state index is 0.929. The average molecular weight is 190 g/mol. The molecule has 2 heteroatoms. The summed E-state index contributed by atoms with van der Waals surface area (Å²) in [5.41, 5.74) is 2.02. The van der Waals surface area contributed by atoms with E-state index in [-0.39, 0.29) is 0 Å². The molecule has 0 fully saturated rings. The van der Waals surface area contributed by atoms with Crippen LogP contribution in [0.25, 0.3) is 0 Å². The lowest BCUT2D eigenvalue weighted by atomic mass is 10.4. The van der Waals surface area contributed by atoms with Crippen LogP contribution in [0, 0.1) is 0 Å². The molecule has 0 aromatic heterocycles. The van der Waals surface area contributed by atoms with Crippen molar-refractivity contribution >= 4 is 6.34 Å². The van der Waals surface area contributed by atoms with Gasteiger partial charge in [-0.05, 0) is 26.0 Å². The molecule has 0 saturated heterocycles. The Balaban J connectivity index is 4.38. The normalized spacial score (nSPS) is 13.1. The van der Waals surface area contributed by atoms with Crippen LogP contribution in [0.2, 0.25) is 0 Å². The first-order valence-corrected chi connectivity index (χ1v) is 4.47. The molecule has 0 aliphatic rings. The van der Waals surface area contributed by atoms with E-state index < -0.39 is 0 Å². The fourth-order valence-electron chi connectivity index (χ4n) is 0.770. The van der Waals surface area contributed by atoms with Gasteiger partial charge in [0.1, 0.15) is 0 Å². The van der Waals surface area contributed by atoms with Gasteiger partial charge in [0, 0.05) is 18.4 Å². The third kappa shape index (κ3) is 5.14. The molecule has 76 valence electrons. The maximum absolute atomic E-state index is 4.23. The molecule has 0 aromatic carbocycles. The van der Waals surface area contributed by atoms with E-state index >= 15 is 0 Å². The maximum atomic E-state index is 4.23. The molecule has 0 aromatic rings. The molecule has 0 N–H and O–H groups in total. The third-order valence-electron chi connectivity index (χ3n) is 1.71. The quantitative estimate of drug-likeness (QED) is 0.369. The number of allylic oxidation sites excluding steroid dienone is 6. The van der Waals surface area contributed by atoms with Crippen molar-refractivity contribution in [1.29, 1.82) is 0 Å². The fourth-order valence-corrected chi connectivity index (χ4v) is 0.770. The van der Waals surface area contributed by atoms with Gasteiger partial charge in [-0.3, -0.25) is 0 Å². The highest BCUT2D eigenvalue weighted by atomic mass is 15.1. The van der Waals surface area contributed by atoms with Crippen molar-refractivity contribution in [3.63, 3.8) is 0 Å². The molecule has 0 spiro atoms. The summed E-state index contributed by atoms with van der Waals surface area (Å²) in [5.74, 6) is 0. The Labute approximate surface area is 86.7 Å². The second-order valence-electron chi connectivity index (χ2n) is 2.94. The van der Waals surface area contributed by atoms with Gasteiger partial charge in [0.15, 0.2) is 0 Å². The van der Waals surface area contributed by atoms with Crippen molar-refractivity contribution in [3.8, 4) is 0 Å². The summed E-state index contributed by atoms with van der Waals surface area (Å²) >= 11 is 0. The van der Waals surface area contributed by atoms with Crippen molar-refractivity contribution in [2.45, 2.75) is 13.8 Å². The fraction of sp³-hybridized carbons (Fsp3) is 0.250. The number of nitrogens with zero attached hydrogens (tertiary/aromatic N) is 2. The standard InChI is InChI=1S/C12H18N2/c1-6-8-11(3)13-10-14(5)12(4)9-7-2/h6-10H,1-2H2,3-5H3/b11-8+,12-9+,13-10-. The zero-order valence-electron chi connectivity index (χ0n) is 9.20. The minimum Gasteiger partial charge on any atom is -0.340 e. The topological polar surface area (TPSA) is 15.6 Å². The molecular formula is C12H18N2. The Morgan fingerprint density at radius 3 is 2.21 bits per heavy atom. The van der Waals surface area contributed by atoms with Crippen molar-refractivity contribution in [1.82, 2.24) is 4.90 Å². The summed E-state index contributed by atoms with van der Waals surface area (Å²) in [4.78, 5) is 6.17. The predicted octanol–water partition coefficient (Wildman–Crippen LogP) is 3.13. The van der Waals surface area contributed by atoms with E-state index in [1.54, 1.807) is 18.5 Å². The van der Waals surface area contributed by atoms with Crippen LogP contribution in [0.15, 0.2) is 53.8 Å². The monoisotopic (exact) mass is 190 g/mol. The lowest BCUT2D eigenvalue weighted by Gasteiger charge is -2.12. The van der Waals surface area contributed by atoms with E-state index in [1.165, 1.54) is 0 Å². The van der Waals surface area contributed by atoms with E-state index in [0.29, 0.717) is 0 Å². The summed E-state index contributed by atoms with van der Waals surface area (Å²) in [5, 5.41) is 0. The van der Waals surface area contributed by atoms with E-state index in [9.17, 15) is 0 Å². The highest BCUT2D eigenvalue weighted by Gasteiger charge is 1.91. The summed E-state index contributed by atoms with van der Waals surface area (Å²) in [6.07, 6.45) is 9.03. The van der Waals surface area contributed by atoms with E-state index in [0.717, 1.165) is 11.4 Å². The first kappa shape index (κ1) is 12.4. The minimum atomic E-state index is 0.929. The Morgan fingerprint density at radius 2 is 1.71 bits per heavy atom. The molecule has 0 rings (SSSR count). The Kier molecular flexibility index (Phi) is 6.12. The zero-order chi connectivity index (χ0) is 11.0. The number of hydrogen-bond acceptors (Lipinski definition) is 1. The Bertz CT molecular complexity index is 283. The Morgan fingerprint density at radius 1 is 1.14 bits per heavy atom. The molecule has 0 aliphatic carbocycles. The molecule has 0 heterocycles. The van der Waals surface area contributed by atoms with E-state index in [1.807, 2.05) is 37.9 Å². The SMILES string of the molecule is C=C/C=C(C)/N=C\N(C)/C(C)=C/C=C. The van der Waals surface area contributed by atoms with E-state index in [2.05, 4.69) is 18.2 Å². The van der Waals surface area contributed by atoms with Crippen LogP contribution in [-0.2, 0) is 0 Å². The first-order chi connectivity index (χ1) is 6.61. The van der Waals surface area contributed by atoms with Crippen LogP contribution >= 0.6 is 0 Å². The third-order valence-corrected chi connectivity index (χ3v) is 1.71. The Hall–Kier alpha value is -1.57. The van der Waals surface area contributed by atoms with Crippen LogP contribution in [0.4, 0.5) is 0 Å². The summed E-state index contributed by atoms with van der Waals surface area (Å²) in [6, 6.07) is 0. The van der Waals surface area contributed by atoms with Crippen LogP contribution in [-0.4, -0.2) is 18.3 Å². The van der Waals surface area contributed by atoms with Gasteiger partial charge in [-0.1, -0.05) is 25.3 Å². The number of hydrogen-bond donors (Lipinski definition) is 0. The van der Waals surface area contributed by atoms with Crippen molar-refractivity contribution in [2.24, 2.45) is 4.99 Å². The first-order valence-electron chi connectivity index (χ1n) is 4.47. The smallest absolute Gasteiger partial charge is 0.0947 e. The van der Waals surface area contributed by atoms with Gasteiger partial charge in [-0.25, -0.2) is 4.99 Å². The molecule has 0 unspecified atom stereocenters. The molecule has 0 atom stereocenters. The summed E-state index contributed by atoms with van der Waals surface area (Å²) < 4.78 is 0. The van der Waals surface area contributed by atoms with Gasteiger partial charge in [-0.2, -0.15) is 0 Å². The van der Waals surface area contributed by atoms with Gasteiger partial charge in [0.05, 0.1) is 6.34 Å². The number of aliphatic imine (C=N–C) groups is 1. The highest BCUT2D eigenvalue weighted by molar-refractivity contribution is 5.59. The lowest BCUT2D eigenvalue weighted by molar-refractivity contribution is 0.645. The van der Waals surface area contributed by atoms with Gasteiger partial charge >= 0.3 is 0 Å². The van der Waals surface area contributed by atoms with E-state index in [4.69, 9.17) is 0 Å². The zero-order valence-corrected chi connectivity index (χ0v) is 9.20. The maximum Gasteiger partial charge on any atom is 0.0947 e. The van der Waals surface area contributed by atoms with Crippen molar-refractivity contribution in [2.75, 3.05) is 7.05 Å². The average Bonchev–Trinajstić information content (AvgIpc) is 2.15. The van der Waals surface area contributed by atoms with Crippen molar-refractivity contribution < 1.29 is 0 Å². The molecule has 0 saturated carbocycles. The van der Waals surface area contributed by atoms with Gasteiger partial charge in [0.2, 0.25) is 0 Å². The largest absolute Gasteiger partial charge is 0.340 e. The van der Waals surface area contributed by atoms with Crippen LogP contribution in [0.1, 0.15) is 13.8 Å². The van der Waals surface area contributed by atoms with Crippen molar-refractivity contribution in [3.05, 3.63) is 48.9 Å². The molecule has 0 radical (unpaired) electrons. The van der Waals surface area contributed by atoms with Crippen LogP contribution in [0.3, 0.4) is 0 Å². The molecule has 14 heavy (non-hydrogen) atoms. The van der Waals surface area contributed by atoms with Crippen LogP contribution < -0.4 is 0 Å². The van der Waals surface area contributed by atoms with Crippen LogP contribution in [0.5, 0.6) is 0 Å².